The van der Waals surface area contributed by atoms with E-state index >= 15 is 0 Å². The van der Waals surface area contributed by atoms with Gasteiger partial charge in [0.15, 0.2) is 0 Å². The number of benzene rings is 2. The number of nitrogens with zero attached hydrogens (tertiary/aromatic N) is 2. The van der Waals surface area contributed by atoms with Crippen LogP contribution in [0.1, 0.15) is 20.3 Å². The minimum absolute atomic E-state index is 0.372. The van der Waals surface area contributed by atoms with Crippen molar-refractivity contribution in [1.82, 2.24) is 4.98 Å². The van der Waals surface area contributed by atoms with E-state index in [1.54, 1.807) is 23.9 Å². The fourth-order valence-electron chi connectivity index (χ4n) is 2.30. The summed E-state index contributed by atoms with van der Waals surface area (Å²) in [7, 11) is 0. The van der Waals surface area contributed by atoms with Crippen molar-refractivity contribution in [3.63, 3.8) is 0 Å². The Morgan fingerprint density at radius 1 is 1.04 bits per heavy atom. The van der Waals surface area contributed by atoms with Gasteiger partial charge in [0, 0.05) is 21.2 Å². The monoisotopic (exact) mass is 411 g/mol. The third kappa shape index (κ3) is 4.14. The number of nitrogens with one attached hydrogen (secondary N) is 1. The number of fused-ring (bicyclic) bond motifs is 1. The van der Waals surface area contributed by atoms with Crippen LogP contribution < -0.4 is 0 Å². The standard InChI is InChI=1S/C18H16Cl3N3S/c1-3-10(2)25-18-16(12-6-4-5-7-15(12)22-18)23-24-17-13(20)8-11(19)9-14(17)21/h4-10,22H,3H2,1-2H3/t10-/m0/s1. The quantitative estimate of drug-likeness (QED) is 0.331. The number of azo groups is 1. The van der Waals surface area contributed by atoms with E-state index in [0.717, 1.165) is 28.0 Å². The van der Waals surface area contributed by atoms with Crippen molar-refractivity contribution in [1.29, 1.82) is 0 Å². The van der Waals surface area contributed by atoms with Crippen LogP contribution >= 0.6 is 46.6 Å². The molecular formula is C18H16Cl3N3S. The van der Waals surface area contributed by atoms with Crippen LogP contribution in [0.5, 0.6) is 0 Å². The number of aromatic amines is 1. The fourth-order valence-corrected chi connectivity index (χ4v) is 4.19. The van der Waals surface area contributed by atoms with Crippen LogP contribution in [0.3, 0.4) is 0 Å². The fraction of sp³-hybridized carbons (Fsp3) is 0.222. The first kappa shape index (κ1) is 18.6. The summed E-state index contributed by atoms with van der Waals surface area (Å²) in [6.45, 7) is 4.35. The van der Waals surface area contributed by atoms with Gasteiger partial charge in [0.05, 0.1) is 10.0 Å². The Bertz CT molecular complexity index is 913. The van der Waals surface area contributed by atoms with Crippen LogP contribution in [0.25, 0.3) is 10.9 Å². The molecule has 1 heterocycles. The zero-order valence-electron chi connectivity index (χ0n) is 13.7. The smallest absolute Gasteiger partial charge is 0.125 e. The number of hydrogen-bond donors (Lipinski definition) is 1. The number of aromatic nitrogens is 1. The Morgan fingerprint density at radius 2 is 1.68 bits per heavy atom. The molecule has 2 aromatic carbocycles. The molecule has 0 bridgehead atoms. The van der Waals surface area contributed by atoms with Gasteiger partial charge in [-0.1, -0.05) is 66.8 Å². The lowest BCUT2D eigenvalue weighted by Crippen LogP contribution is -1.91. The van der Waals surface area contributed by atoms with Crippen molar-refractivity contribution in [2.24, 2.45) is 10.2 Å². The lowest BCUT2D eigenvalue weighted by Gasteiger charge is -2.06. The summed E-state index contributed by atoms with van der Waals surface area (Å²) in [4.78, 5) is 3.43. The minimum atomic E-state index is 0.372. The summed E-state index contributed by atoms with van der Waals surface area (Å²) in [5, 5.41) is 12.4. The number of H-pyrrole nitrogens is 1. The first-order valence-electron chi connectivity index (χ1n) is 7.83. The normalized spacial score (nSPS) is 13.0. The largest absolute Gasteiger partial charge is 0.348 e. The maximum absolute atomic E-state index is 6.20. The van der Waals surface area contributed by atoms with Gasteiger partial charge in [-0.25, -0.2) is 0 Å². The van der Waals surface area contributed by atoms with Gasteiger partial charge < -0.3 is 4.98 Å². The minimum Gasteiger partial charge on any atom is -0.348 e. The average molecular weight is 413 g/mol. The average Bonchev–Trinajstić information content (AvgIpc) is 2.91. The SMILES string of the molecule is CC[C@H](C)Sc1[nH]c2ccccc2c1N=Nc1c(Cl)cc(Cl)cc1Cl. The van der Waals surface area contributed by atoms with Crippen molar-refractivity contribution in [3.05, 3.63) is 51.5 Å². The summed E-state index contributed by atoms with van der Waals surface area (Å²) in [6, 6.07) is 11.2. The van der Waals surface area contributed by atoms with E-state index in [2.05, 4.69) is 29.1 Å². The predicted molar refractivity (Wildman–Crippen MR) is 110 cm³/mol. The molecular weight excluding hydrogens is 397 g/mol. The van der Waals surface area contributed by atoms with Gasteiger partial charge in [0.25, 0.3) is 0 Å². The lowest BCUT2D eigenvalue weighted by atomic mass is 10.2. The van der Waals surface area contributed by atoms with Crippen molar-refractivity contribution in [2.45, 2.75) is 30.5 Å². The predicted octanol–water partition coefficient (Wildman–Crippen LogP) is 8.43. The Kier molecular flexibility index (Phi) is 5.95. The van der Waals surface area contributed by atoms with E-state index in [-0.39, 0.29) is 0 Å². The molecule has 3 rings (SSSR count). The van der Waals surface area contributed by atoms with Gasteiger partial charge >= 0.3 is 0 Å². The van der Waals surface area contributed by atoms with Gasteiger partial charge in [0.2, 0.25) is 0 Å². The molecule has 0 radical (unpaired) electrons. The van der Waals surface area contributed by atoms with Gasteiger partial charge in [-0.3, -0.25) is 0 Å². The summed E-state index contributed by atoms with van der Waals surface area (Å²) >= 11 is 20.1. The van der Waals surface area contributed by atoms with E-state index in [9.17, 15) is 0 Å². The summed E-state index contributed by atoms with van der Waals surface area (Å²) in [5.41, 5.74) is 2.23. The first-order valence-corrected chi connectivity index (χ1v) is 9.84. The second-order valence-corrected chi connectivity index (χ2v) is 8.30. The van der Waals surface area contributed by atoms with Crippen LogP contribution in [0, 0.1) is 0 Å². The Labute approximate surface area is 165 Å². The zero-order chi connectivity index (χ0) is 18.0. The summed E-state index contributed by atoms with van der Waals surface area (Å²) < 4.78 is 0. The molecule has 1 N–H and O–H groups in total. The molecule has 1 atom stereocenters. The Balaban J connectivity index is 2.07. The van der Waals surface area contributed by atoms with Crippen LogP contribution in [-0.4, -0.2) is 10.2 Å². The Hall–Kier alpha value is -1.20. The second-order valence-electron chi connectivity index (χ2n) is 5.60. The molecule has 0 aliphatic heterocycles. The summed E-state index contributed by atoms with van der Waals surface area (Å²) in [5.74, 6) is 0. The molecule has 3 aromatic rings. The van der Waals surface area contributed by atoms with E-state index in [4.69, 9.17) is 34.8 Å². The molecule has 25 heavy (non-hydrogen) atoms. The molecule has 0 aliphatic carbocycles. The highest BCUT2D eigenvalue weighted by molar-refractivity contribution is 8.00. The molecule has 3 nitrogen and oxygen atoms in total. The molecule has 0 fully saturated rings. The van der Waals surface area contributed by atoms with E-state index in [1.165, 1.54) is 0 Å². The van der Waals surface area contributed by atoms with Crippen LogP contribution in [0.4, 0.5) is 11.4 Å². The third-order valence-corrected chi connectivity index (χ3v) is 5.83. The van der Waals surface area contributed by atoms with E-state index in [0.29, 0.717) is 26.0 Å². The molecule has 7 heteroatoms. The third-order valence-electron chi connectivity index (χ3n) is 3.77. The molecule has 0 unspecified atom stereocenters. The van der Waals surface area contributed by atoms with Gasteiger partial charge in [-0.2, -0.15) is 0 Å². The molecule has 0 saturated carbocycles. The van der Waals surface area contributed by atoms with Crippen molar-refractivity contribution in [3.8, 4) is 0 Å². The van der Waals surface area contributed by atoms with Crippen molar-refractivity contribution < 1.29 is 0 Å². The van der Waals surface area contributed by atoms with E-state index in [1.807, 2.05) is 24.3 Å². The molecule has 1 aromatic heterocycles. The number of halogens is 3. The van der Waals surface area contributed by atoms with Crippen molar-refractivity contribution >= 4 is 68.8 Å². The highest BCUT2D eigenvalue weighted by Crippen LogP contribution is 2.42. The summed E-state index contributed by atoms with van der Waals surface area (Å²) in [6.07, 6.45) is 1.06. The van der Waals surface area contributed by atoms with Crippen molar-refractivity contribution in [2.75, 3.05) is 0 Å². The maximum Gasteiger partial charge on any atom is 0.125 e. The van der Waals surface area contributed by atoms with Crippen LogP contribution in [-0.2, 0) is 0 Å². The second kappa shape index (κ2) is 8.00. The Morgan fingerprint density at radius 3 is 2.36 bits per heavy atom. The topological polar surface area (TPSA) is 40.5 Å². The van der Waals surface area contributed by atoms with E-state index < -0.39 is 0 Å². The van der Waals surface area contributed by atoms with Gasteiger partial charge in [-0.05, 0) is 24.6 Å². The molecule has 0 aliphatic rings. The van der Waals surface area contributed by atoms with Gasteiger partial charge in [0.1, 0.15) is 16.4 Å². The highest BCUT2D eigenvalue weighted by Gasteiger charge is 2.15. The zero-order valence-corrected chi connectivity index (χ0v) is 16.8. The molecule has 130 valence electrons. The molecule has 0 spiro atoms. The molecule has 0 saturated heterocycles. The van der Waals surface area contributed by atoms with Gasteiger partial charge in [-0.15, -0.1) is 22.0 Å². The molecule has 0 amide bonds. The number of hydrogen-bond acceptors (Lipinski definition) is 3. The number of thioether (sulfide) groups is 1. The van der Waals surface area contributed by atoms with Crippen LogP contribution in [0.2, 0.25) is 15.1 Å². The number of rotatable bonds is 5. The number of para-hydroxylation sites is 1. The lowest BCUT2D eigenvalue weighted by molar-refractivity contribution is 0.902. The first-order chi connectivity index (χ1) is 12.0. The maximum atomic E-state index is 6.20. The van der Waals surface area contributed by atoms with Crippen LogP contribution in [0.15, 0.2) is 51.7 Å². The highest BCUT2D eigenvalue weighted by atomic mass is 35.5.